The second-order valence-corrected chi connectivity index (χ2v) is 9.89. The molecule has 1 N–H and O–H groups in total. The van der Waals surface area contributed by atoms with Crippen LogP contribution in [0.5, 0.6) is 0 Å². The molecule has 29 heavy (non-hydrogen) atoms. The first kappa shape index (κ1) is 21.7. The molecule has 2 aliphatic rings. The smallest absolute Gasteiger partial charge is 0.335 e. The maximum absolute atomic E-state index is 12.9. The van der Waals surface area contributed by atoms with E-state index in [-0.39, 0.29) is 4.90 Å². The number of hydrogen-bond acceptors (Lipinski definition) is 6. The van der Waals surface area contributed by atoms with Crippen molar-refractivity contribution < 1.29 is 27.5 Å². The van der Waals surface area contributed by atoms with Gasteiger partial charge in [0.25, 0.3) is 5.91 Å². The Bertz CT molecular complexity index is 823. The highest BCUT2D eigenvalue weighted by Gasteiger charge is 2.31. The van der Waals surface area contributed by atoms with Crippen molar-refractivity contribution in [3.63, 3.8) is 0 Å². The van der Waals surface area contributed by atoms with Crippen molar-refractivity contribution >= 4 is 27.6 Å². The van der Waals surface area contributed by atoms with Gasteiger partial charge in [-0.2, -0.15) is 4.31 Å². The number of anilines is 1. The summed E-state index contributed by atoms with van der Waals surface area (Å²) in [5, 5.41) is 2.59. The van der Waals surface area contributed by atoms with Crippen molar-refractivity contribution in [3.8, 4) is 0 Å². The lowest BCUT2D eigenvalue weighted by atomic mass is 9.94. The van der Waals surface area contributed by atoms with Gasteiger partial charge in [0.2, 0.25) is 10.0 Å². The van der Waals surface area contributed by atoms with Gasteiger partial charge in [-0.3, -0.25) is 4.79 Å². The molecule has 8 nitrogen and oxygen atoms in total. The number of carbonyl (C=O) groups excluding carboxylic acids is 2. The van der Waals surface area contributed by atoms with Crippen molar-refractivity contribution in [2.45, 2.75) is 44.1 Å². The molecule has 0 radical (unpaired) electrons. The minimum Gasteiger partial charge on any atom is -0.454 e. The standard InChI is InChI=1S/C20H28N2O6S/c1-14-10-15(2)12-22(11-14)29(25,26)17-7-5-16(6-8-17)21-19(23)13-28-20(24)18-4-3-9-27-18/h5-8,14-15,18H,3-4,9-13H2,1-2H3,(H,21,23)/t14-,15-,18+/m1/s1. The van der Waals surface area contributed by atoms with Crippen LogP contribution in [0.25, 0.3) is 0 Å². The molecule has 1 aromatic rings. The van der Waals surface area contributed by atoms with Crippen LogP contribution in [0.2, 0.25) is 0 Å². The number of ether oxygens (including phenoxy) is 2. The lowest BCUT2D eigenvalue weighted by molar-refractivity contribution is -0.156. The molecule has 0 aromatic heterocycles. The van der Waals surface area contributed by atoms with Gasteiger partial charge in [0.05, 0.1) is 4.90 Å². The van der Waals surface area contributed by atoms with Crippen LogP contribution < -0.4 is 5.32 Å². The number of nitrogens with one attached hydrogen (secondary N) is 1. The zero-order valence-corrected chi connectivity index (χ0v) is 17.6. The molecule has 9 heteroatoms. The van der Waals surface area contributed by atoms with Crippen LogP contribution in [0.4, 0.5) is 5.69 Å². The van der Waals surface area contributed by atoms with E-state index in [1.54, 1.807) is 0 Å². The minimum atomic E-state index is -3.57. The Hall–Kier alpha value is -1.97. The maximum Gasteiger partial charge on any atom is 0.335 e. The van der Waals surface area contributed by atoms with E-state index in [2.05, 4.69) is 19.2 Å². The quantitative estimate of drug-likeness (QED) is 0.701. The third-order valence-electron chi connectivity index (χ3n) is 5.15. The molecule has 3 rings (SSSR count). The molecule has 160 valence electrons. The van der Waals surface area contributed by atoms with Gasteiger partial charge < -0.3 is 14.8 Å². The molecule has 0 saturated carbocycles. The van der Waals surface area contributed by atoms with Gasteiger partial charge in [-0.15, -0.1) is 0 Å². The summed E-state index contributed by atoms with van der Waals surface area (Å²) >= 11 is 0. The third-order valence-corrected chi connectivity index (χ3v) is 7.00. The predicted octanol–water partition coefficient (Wildman–Crippen LogP) is 2.01. The first-order valence-electron chi connectivity index (χ1n) is 9.94. The number of esters is 1. The van der Waals surface area contributed by atoms with Gasteiger partial charge in [-0.25, -0.2) is 13.2 Å². The van der Waals surface area contributed by atoms with Gasteiger partial charge in [0.15, 0.2) is 12.7 Å². The summed E-state index contributed by atoms with van der Waals surface area (Å²) in [7, 11) is -3.57. The van der Waals surface area contributed by atoms with E-state index in [0.29, 0.717) is 43.6 Å². The molecular weight excluding hydrogens is 396 g/mol. The van der Waals surface area contributed by atoms with E-state index in [0.717, 1.165) is 12.8 Å². The van der Waals surface area contributed by atoms with Crippen LogP contribution in [-0.4, -0.2) is 57.0 Å². The van der Waals surface area contributed by atoms with Crippen LogP contribution in [-0.2, 0) is 29.1 Å². The first-order chi connectivity index (χ1) is 13.8. The second kappa shape index (κ2) is 9.23. The molecule has 3 atom stereocenters. The Labute approximate surface area is 171 Å². The van der Waals surface area contributed by atoms with Crippen molar-refractivity contribution in [1.29, 1.82) is 0 Å². The Morgan fingerprint density at radius 1 is 1.17 bits per heavy atom. The van der Waals surface area contributed by atoms with Crippen LogP contribution in [0.1, 0.15) is 33.1 Å². The predicted molar refractivity (Wildman–Crippen MR) is 107 cm³/mol. The molecular formula is C20H28N2O6S. The van der Waals surface area contributed by atoms with Crippen LogP contribution in [0.15, 0.2) is 29.2 Å². The lowest BCUT2D eigenvalue weighted by Crippen LogP contribution is -2.42. The minimum absolute atomic E-state index is 0.196. The SMILES string of the molecule is C[C@@H]1C[C@@H](C)CN(S(=O)(=O)c2ccc(NC(=O)COC(=O)[C@@H]3CCCO3)cc2)C1. The summed E-state index contributed by atoms with van der Waals surface area (Å²) in [4.78, 5) is 23.9. The molecule has 2 fully saturated rings. The molecule has 1 amide bonds. The molecule has 1 aromatic carbocycles. The molecule has 2 saturated heterocycles. The first-order valence-corrected chi connectivity index (χ1v) is 11.4. The normalized spacial score (nSPS) is 25.5. The molecule has 0 spiro atoms. The number of nitrogens with zero attached hydrogens (tertiary/aromatic N) is 1. The van der Waals surface area contributed by atoms with Crippen LogP contribution >= 0.6 is 0 Å². The molecule has 2 aliphatic heterocycles. The van der Waals surface area contributed by atoms with Gasteiger partial charge in [0, 0.05) is 25.4 Å². The topological polar surface area (TPSA) is 102 Å². The number of piperidine rings is 1. The fourth-order valence-electron chi connectivity index (χ4n) is 3.85. The lowest BCUT2D eigenvalue weighted by Gasteiger charge is -2.34. The summed E-state index contributed by atoms with van der Waals surface area (Å²) in [6, 6.07) is 6.02. The van der Waals surface area contributed by atoms with Gasteiger partial charge >= 0.3 is 5.97 Å². The van der Waals surface area contributed by atoms with Crippen molar-refractivity contribution in [1.82, 2.24) is 4.31 Å². The average Bonchev–Trinajstić information content (AvgIpc) is 3.21. The van der Waals surface area contributed by atoms with Crippen molar-refractivity contribution in [2.75, 3.05) is 31.6 Å². The Kier molecular flexibility index (Phi) is 6.92. The fraction of sp³-hybridized carbons (Fsp3) is 0.600. The third kappa shape index (κ3) is 5.55. The highest BCUT2D eigenvalue weighted by molar-refractivity contribution is 7.89. The van der Waals surface area contributed by atoms with E-state index < -0.39 is 34.6 Å². The van der Waals surface area contributed by atoms with Gasteiger partial charge in [0.1, 0.15) is 0 Å². The Morgan fingerprint density at radius 3 is 2.41 bits per heavy atom. The highest BCUT2D eigenvalue weighted by Crippen LogP contribution is 2.27. The monoisotopic (exact) mass is 424 g/mol. The molecule has 0 aliphatic carbocycles. The number of benzene rings is 1. The highest BCUT2D eigenvalue weighted by atomic mass is 32.2. The summed E-state index contributed by atoms with van der Waals surface area (Å²) in [5.74, 6) is -0.386. The molecule has 2 heterocycles. The average molecular weight is 425 g/mol. The van der Waals surface area contributed by atoms with E-state index in [4.69, 9.17) is 9.47 Å². The van der Waals surface area contributed by atoms with Crippen LogP contribution in [0.3, 0.4) is 0 Å². The zero-order chi connectivity index (χ0) is 21.0. The maximum atomic E-state index is 12.9. The second-order valence-electron chi connectivity index (χ2n) is 7.95. The number of carbonyl (C=O) groups is 2. The van der Waals surface area contributed by atoms with E-state index in [9.17, 15) is 18.0 Å². The number of amides is 1. The number of rotatable bonds is 6. The van der Waals surface area contributed by atoms with Gasteiger partial charge in [-0.1, -0.05) is 13.8 Å². The fourth-order valence-corrected chi connectivity index (χ4v) is 5.53. The molecule has 0 unspecified atom stereocenters. The van der Waals surface area contributed by atoms with E-state index in [1.165, 1.54) is 28.6 Å². The van der Waals surface area contributed by atoms with Crippen molar-refractivity contribution in [3.05, 3.63) is 24.3 Å². The Balaban J connectivity index is 1.55. The molecule has 0 bridgehead atoms. The van der Waals surface area contributed by atoms with Gasteiger partial charge in [-0.05, 0) is 55.4 Å². The summed E-state index contributed by atoms with van der Waals surface area (Å²) in [6.07, 6.45) is 1.84. The van der Waals surface area contributed by atoms with E-state index in [1.807, 2.05) is 0 Å². The summed E-state index contributed by atoms with van der Waals surface area (Å²) in [6.45, 7) is 5.26. The summed E-state index contributed by atoms with van der Waals surface area (Å²) in [5.41, 5.74) is 0.433. The largest absolute Gasteiger partial charge is 0.454 e. The summed E-state index contributed by atoms with van der Waals surface area (Å²) < 4.78 is 37.5. The van der Waals surface area contributed by atoms with Crippen molar-refractivity contribution in [2.24, 2.45) is 11.8 Å². The van der Waals surface area contributed by atoms with Crippen LogP contribution in [0, 0.1) is 11.8 Å². The number of sulfonamides is 1. The zero-order valence-electron chi connectivity index (χ0n) is 16.8. The Morgan fingerprint density at radius 2 is 1.83 bits per heavy atom. The number of hydrogen-bond donors (Lipinski definition) is 1. The van der Waals surface area contributed by atoms with E-state index >= 15 is 0 Å².